The zero-order valence-electron chi connectivity index (χ0n) is 9.46. The van der Waals surface area contributed by atoms with Gasteiger partial charge in [-0.25, -0.2) is 0 Å². The maximum atomic E-state index is 11.2. The summed E-state index contributed by atoms with van der Waals surface area (Å²) in [6.45, 7) is 4.81. The van der Waals surface area contributed by atoms with Crippen molar-refractivity contribution in [2.24, 2.45) is 0 Å². The van der Waals surface area contributed by atoms with Crippen molar-refractivity contribution in [3.8, 4) is 0 Å². The minimum absolute atomic E-state index is 0.0848. The van der Waals surface area contributed by atoms with Crippen LogP contribution in [-0.4, -0.2) is 19.6 Å². The van der Waals surface area contributed by atoms with Gasteiger partial charge in [0.25, 0.3) is 0 Å². The summed E-state index contributed by atoms with van der Waals surface area (Å²) in [6.07, 6.45) is 0. The number of benzene rings is 1. The van der Waals surface area contributed by atoms with E-state index in [1.807, 2.05) is 12.1 Å². The number of methoxy groups -OCH3 is 1. The molecular formula is C12H17NO2. The van der Waals surface area contributed by atoms with E-state index in [9.17, 15) is 4.79 Å². The van der Waals surface area contributed by atoms with Gasteiger partial charge < -0.3 is 10.1 Å². The van der Waals surface area contributed by atoms with Gasteiger partial charge in [0.05, 0.1) is 0 Å². The summed E-state index contributed by atoms with van der Waals surface area (Å²) in [5.74, 6) is -0.0848. The van der Waals surface area contributed by atoms with Gasteiger partial charge in [-0.05, 0) is 30.5 Å². The van der Waals surface area contributed by atoms with Crippen LogP contribution in [0.5, 0.6) is 0 Å². The lowest BCUT2D eigenvalue weighted by Gasteiger charge is -2.09. The normalized spacial score (nSPS) is 10.1. The molecule has 0 aliphatic carbocycles. The molecule has 0 aliphatic rings. The van der Waals surface area contributed by atoms with Gasteiger partial charge in [-0.15, -0.1) is 0 Å². The fourth-order valence-corrected chi connectivity index (χ4v) is 1.38. The van der Waals surface area contributed by atoms with Gasteiger partial charge >= 0.3 is 0 Å². The van der Waals surface area contributed by atoms with Crippen molar-refractivity contribution in [2.75, 3.05) is 13.7 Å². The topological polar surface area (TPSA) is 38.3 Å². The molecule has 0 unspecified atom stereocenters. The lowest BCUT2D eigenvalue weighted by Crippen LogP contribution is -2.26. The molecule has 0 spiro atoms. The van der Waals surface area contributed by atoms with Gasteiger partial charge in [-0.1, -0.05) is 18.2 Å². The predicted octanol–water partition coefficient (Wildman–Crippen LogP) is 1.57. The summed E-state index contributed by atoms with van der Waals surface area (Å²) < 4.78 is 4.73. The number of hydrogen-bond donors (Lipinski definition) is 1. The van der Waals surface area contributed by atoms with Crippen molar-refractivity contribution < 1.29 is 9.53 Å². The summed E-state index contributed by atoms with van der Waals surface area (Å²) in [5.41, 5.74) is 3.63. The standard InChI is InChI=1S/C12H17NO2/c1-9-5-4-6-11(10(9)2)7-13-12(14)8-15-3/h4-6H,7-8H2,1-3H3,(H,13,14). The van der Waals surface area contributed by atoms with E-state index < -0.39 is 0 Å². The second kappa shape index (κ2) is 5.51. The molecule has 0 fully saturated rings. The van der Waals surface area contributed by atoms with Crippen LogP contribution >= 0.6 is 0 Å². The van der Waals surface area contributed by atoms with Crippen molar-refractivity contribution in [1.29, 1.82) is 0 Å². The first kappa shape index (κ1) is 11.7. The first-order valence-corrected chi connectivity index (χ1v) is 4.96. The molecule has 0 saturated carbocycles. The maximum absolute atomic E-state index is 11.2. The molecule has 0 radical (unpaired) electrons. The molecule has 1 aromatic carbocycles. The van der Waals surface area contributed by atoms with Crippen LogP contribution in [0.4, 0.5) is 0 Å². The van der Waals surface area contributed by atoms with E-state index in [0.29, 0.717) is 6.54 Å². The van der Waals surface area contributed by atoms with Gasteiger partial charge in [0, 0.05) is 13.7 Å². The highest BCUT2D eigenvalue weighted by molar-refractivity contribution is 5.77. The summed E-state index contributed by atoms with van der Waals surface area (Å²) in [6, 6.07) is 6.09. The van der Waals surface area contributed by atoms with E-state index >= 15 is 0 Å². The van der Waals surface area contributed by atoms with Crippen molar-refractivity contribution in [3.63, 3.8) is 0 Å². The van der Waals surface area contributed by atoms with E-state index in [0.717, 1.165) is 5.56 Å². The van der Waals surface area contributed by atoms with Crippen molar-refractivity contribution in [3.05, 3.63) is 34.9 Å². The Labute approximate surface area is 90.4 Å². The monoisotopic (exact) mass is 207 g/mol. The Balaban J connectivity index is 2.58. The first-order chi connectivity index (χ1) is 7.15. The molecule has 1 aromatic rings. The second-order valence-corrected chi connectivity index (χ2v) is 3.57. The van der Waals surface area contributed by atoms with Crippen LogP contribution < -0.4 is 5.32 Å². The summed E-state index contributed by atoms with van der Waals surface area (Å²) in [5, 5.41) is 2.80. The smallest absolute Gasteiger partial charge is 0.246 e. The van der Waals surface area contributed by atoms with Crippen LogP contribution in [-0.2, 0) is 16.1 Å². The van der Waals surface area contributed by atoms with E-state index in [1.54, 1.807) is 0 Å². The quantitative estimate of drug-likeness (QED) is 0.813. The van der Waals surface area contributed by atoms with Crippen LogP contribution in [0, 0.1) is 13.8 Å². The lowest BCUT2D eigenvalue weighted by atomic mass is 10.0. The minimum Gasteiger partial charge on any atom is -0.375 e. The Bertz CT molecular complexity index is 347. The Morgan fingerprint density at radius 2 is 2.13 bits per heavy atom. The Morgan fingerprint density at radius 1 is 1.40 bits per heavy atom. The molecule has 1 amide bonds. The van der Waals surface area contributed by atoms with Gasteiger partial charge in [-0.2, -0.15) is 0 Å². The number of aryl methyl sites for hydroxylation is 1. The molecule has 0 heterocycles. The molecule has 0 atom stereocenters. The third-order valence-electron chi connectivity index (χ3n) is 2.47. The fraction of sp³-hybridized carbons (Fsp3) is 0.417. The number of rotatable bonds is 4. The molecule has 82 valence electrons. The molecule has 1 N–H and O–H groups in total. The molecule has 1 rings (SSSR count). The van der Waals surface area contributed by atoms with Crippen molar-refractivity contribution >= 4 is 5.91 Å². The number of hydrogen-bond acceptors (Lipinski definition) is 2. The Kier molecular flexibility index (Phi) is 4.31. The van der Waals surface area contributed by atoms with Crippen LogP contribution in [0.3, 0.4) is 0 Å². The van der Waals surface area contributed by atoms with Gasteiger partial charge in [0.15, 0.2) is 0 Å². The molecule has 0 aliphatic heterocycles. The molecule has 0 saturated heterocycles. The van der Waals surface area contributed by atoms with E-state index in [4.69, 9.17) is 4.74 Å². The highest BCUT2D eigenvalue weighted by Gasteiger charge is 2.03. The van der Waals surface area contributed by atoms with Crippen LogP contribution in [0.1, 0.15) is 16.7 Å². The molecule has 3 nitrogen and oxygen atoms in total. The third-order valence-corrected chi connectivity index (χ3v) is 2.47. The SMILES string of the molecule is COCC(=O)NCc1cccc(C)c1C. The second-order valence-electron chi connectivity index (χ2n) is 3.57. The molecule has 3 heteroatoms. The molecule has 15 heavy (non-hydrogen) atoms. The van der Waals surface area contributed by atoms with Gasteiger partial charge in [0.2, 0.25) is 5.91 Å². The largest absolute Gasteiger partial charge is 0.375 e. The Hall–Kier alpha value is -1.35. The van der Waals surface area contributed by atoms with E-state index in [-0.39, 0.29) is 12.5 Å². The number of nitrogens with one attached hydrogen (secondary N) is 1. The van der Waals surface area contributed by atoms with Crippen molar-refractivity contribution in [1.82, 2.24) is 5.32 Å². The summed E-state index contributed by atoms with van der Waals surface area (Å²) in [7, 11) is 1.51. The number of amides is 1. The fourth-order valence-electron chi connectivity index (χ4n) is 1.38. The maximum Gasteiger partial charge on any atom is 0.246 e. The van der Waals surface area contributed by atoms with Crippen LogP contribution in [0.15, 0.2) is 18.2 Å². The molecular weight excluding hydrogens is 190 g/mol. The summed E-state index contributed by atoms with van der Waals surface area (Å²) in [4.78, 5) is 11.2. The van der Waals surface area contributed by atoms with Crippen molar-refractivity contribution in [2.45, 2.75) is 20.4 Å². The average molecular weight is 207 g/mol. The predicted molar refractivity (Wildman–Crippen MR) is 59.6 cm³/mol. The highest BCUT2D eigenvalue weighted by Crippen LogP contribution is 2.11. The average Bonchev–Trinajstić information content (AvgIpc) is 2.21. The molecule has 0 aromatic heterocycles. The first-order valence-electron chi connectivity index (χ1n) is 4.96. The zero-order chi connectivity index (χ0) is 11.3. The number of carbonyl (C=O) groups excluding carboxylic acids is 1. The third kappa shape index (κ3) is 3.36. The van der Waals surface area contributed by atoms with Gasteiger partial charge in [0.1, 0.15) is 6.61 Å². The minimum atomic E-state index is -0.0848. The number of carbonyl (C=O) groups is 1. The highest BCUT2D eigenvalue weighted by atomic mass is 16.5. The van der Waals surface area contributed by atoms with Crippen LogP contribution in [0.25, 0.3) is 0 Å². The molecule has 0 bridgehead atoms. The number of ether oxygens (including phenoxy) is 1. The van der Waals surface area contributed by atoms with E-state index in [2.05, 4.69) is 25.2 Å². The lowest BCUT2D eigenvalue weighted by molar-refractivity contribution is -0.124. The zero-order valence-corrected chi connectivity index (χ0v) is 9.46. The Morgan fingerprint density at radius 3 is 2.80 bits per heavy atom. The van der Waals surface area contributed by atoms with E-state index in [1.165, 1.54) is 18.2 Å². The van der Waals surface area contributed by atoms with Crippen LogP contribution in [0.2, 0.25) is 0 Å². The van der Waals surface area contributed by atoms with Gasteiger partial charge in [-0.3, -0.25) is 4.79 Å². The summed E-state index contributed by atoms with van der Waals surface area (Å²) >= 11 is 0.